The van der Waals surface area contributed by atoms with Crippen molar-refractivity contribution in [3.63, 3.8) is 0 Å². The molecule has 0 unspecified atom stereocenters. The summed E-state index contributed by atoms with van der Waals surface area (Å²) in [6.45, 7) is 1.37. The summed E-state index contributed by atoms with van der Waals surface area (Å²) in [6.07, 6.45) is 5.08. The van der Waals surface area contributed by atoms with Crippen molar-refractivity contribution in [3.8, 4) is 5.75 Å². The first-order valence-corrected chi connectivity index (χ1v) is 8.15. The Balaban J connectivity index is 1.46. The summed E-state index contributed by atoms with van der Waals surface area (Å²) in [5, 5.41) is 11.9. The molecule has 2 aromatic rings. The fraction of sp³-hybridized carbons (Fsp3) is 0.250. The number of nitrogens with one attached hydrogen (secondary N) is 1. The summed E-state index contributed by atoms with van der Waals surface area (Å²) in [7, 11) is 0. The van der Waals surface area contributed by atoms with E-state index in [1.54, 1.807) is 6.08 Å². The molecule has 0 spiro atoms. The standard InChI is InChI=1S/C20H21NO3/c22-14-17-3-1-15(2-4-17)9-11-21-20(23)8-6-16-5-7-19-18(13-16)10-12-24-19/h1-8,13,22H,9-12,14H2,(H,21,23)/b8-6+. The molecule has 0 atom stereocenters. The molecule has 3 rings (SSSR count). The molecule has 24 heavy (non-hydrogen) atoms. The van der Waals surface area contributed by atoms with E-state index >= 15 is 0 Å². The Labute approximate surface area is 141 Å². The quantitative estimate of drug-likeness (QED) is 0.803. The van der Waals surface area contributed by atoms with Crippen molar-refractivity contribution in [2.24, 2.45) is 0 Å². The summed E-state index contributed by atoms with van der Waals surface area (Å²) in [6, 6.07) is 13.7. The van der Waals surface area contributed by atoms with E-state index < -0.39 is 0 Å². The Hall–Kier alpha value is -2.59. The zero-order chi connectivity index (χ0) is 16.8. The third kappa shape index (κ3) is 4.24. The third-order valence-electron chi connectivity index (χ3n) is 4.06. The summed E-state index contributed by atoms with van der Waals surface area (Å²) in [4.78, 5) is 11.9. The number of fused-ring (bicyclic) bond motifs is 1. The Bertz CT molecular complexity index is 735. The van der Waals surface area contributed by atoms with Crippen LogP contribution in [-0.4, -0.2) is 24.2 Å². The number of carbonyl (C=O) groups excluding carboxylic acids is 1. The first kappa shape index (κ1) is 16.3. The lowest BCUT2D eigenvalue weighted by Crippen LogP contribution is -2.23. The molecule has 0 aromatic heterocycles. The normalized spacial score (nSPS) is 12.9. The average Bonchev–Trinajstić information content (AvgIpc) is 3.08. The van der Waals surface area contributed by atoms with Gasteiger partial charge in [0.15, 0.2) is 0 Å². The molecule has 1 amide bonds. The van der Waals surface area contributed by atoms with Gasteiger partial charge in [-0.3, -0.25) is 4.79 Å². The number of aliphatic hydroxyl groups is 1. The molecule has 124 valence electrons. The first-order chi connectivity index (χ1) is 11.7. The predicted octanol–water partition coefficient (Wildman–Crippen LogP) is 2.49. The van der Waals surface area contributed by atoms with Crippen molar-refractivity contribution in [2.75, 3.05) is 13.2 Å². The zero-order valence-corrected chi connectivity index (χ0v) is 13.5. The van der Waals surface area contributed by atoms with E-state index in [4.69, 9.17) is 9.84 Å². The average molecular weight is 323 g/mol. The number of benzene rings is 2. The maximum absolute atomic E-state index is 11.9. The van der Waals surface area contributed by atoms with E-state index in [-0.39, 0.29) is 12.5 Å². The Kier molecular flexibility index (Phi) is 5.29. The van der Waals surface area contributed by atoms with Crippen LogP contribution in [0.4, 0.5) is 0 Å². The van der Waals surface area contributed by atoms with Crippen molar-refractivity contribution in [1.82, 2.24) is 5.32 Å². The number of hydrogen-bond acceptors (Lipinski definition) is 3. The van der Waals surface area contributed by atoms with E-state index in [1.807, 2.05) is 42.5 Å². The highest BCUT2D eigenvalue weighted by atomic mass is 16.5. The Morgan fingerprint density at radius 3 is 2.75 bits per heavy atom. The van der Waals surface area contributed by atoms with Gasteiger partial charge in [0.2, 0.25) is 5.91 Å². The molecule has 0 aliphatic carbocycles. The summed E-state index contributed by atoms with van der Waals surface area (Å²) in [5.41, 5.74) is 4.23. The highest BCUT2D eigenvalue weighted by Crippen LogP contribution is 2.26. The summed E-state index contributed by atoms with van der Waals surface area (Å²) < 4.78 is 5.47. The van der Waals surface area contributed by atoms with Crippen LogP contribution in [0.1, 0.15) is 22.3 Å². The molecule has 0 saturated carbocycles. The minimum absolute atomic E-state index is 0.0522. The van der Waals surface area contributed by atoms with E-state index in [0.717, 1.165) is 41.9 Å². The lowest BCUT2D eigenvalue weighted by atomic mass is 10.1. The third-order valence-corrected chi connectivity index (χ3v) is 4.06. The number of aliphatic hydroxyl groups excluding tert-OH is 1. The molecule has 1 aliphatic heterocycles. The van der Waals surface area contributed by atoms with Crippen LogP contribution in [0.25, 0.3) is 6.08 Å². The molecule has 1 heterocycles. The zero-order valence-electron chi connectivity index (χ0n) is 13.5. The molecule has 0 radical (unpaired) electrons. The number of hydrogen-bond donors (Lipinski definition) is 2. The van der Waals surface area contributed by atoms with E-state index in [1.165, 1.54) is 5.56 Å². The van der Waals surface area contributed by atoms with Crippen molar-refractivity contribution in [2.45, 2.75) is 19.4 Å². The van der Waals surface area contributed by atoms with Crippen molar-refractivity contribution in [3.05, 3.63) is 70.8 Å². The maximum Gasteiger partial charge on any atom is 0.244 e. The van der Waals surface area contributed by atoms with Crippen LogP contribution < -0.4 is 10.1 Å². The van der Waals surface area contributed by atoms with Gasteiger partial charge in [-0.25, -0.2) is 0 Å². The van der Waals surface area contributed by atoms with Gasteiger partial charge in [-0.2, -0.15) is 0 Å². The second kappa shape index (κ2) is 7.79. The van der Waals surface area contributed by atoms with Gasteiger partial charge in [0, 0.05) is 19.0 Å². The first-order valence-electron chi connectivity index (χ1n) is 8.15. The second-order valence-corrected chi connectivity index (χ2v) is 5.81. The van der Waals surface area contributed by atoms with Crippen LogP contribution in [0.15, 0.2) is 48.5 Å². The largest absolute Gasteiger partial charge is 0.493 e. The van der Waals surface area contributed by atoms with Crippen molar-refractivity contribution < 1.29 is 14.6 Å². The van der Waals surface area contributed by atoms with E-state index in [9.17, 15) is 4.79 Å². The highest BCUT2D eigenvalue weighted by Gasteiger charge is 2.11. The van der Waals surface area contributed by atoms with Gasteiger partial charge in [0.1, 0.15) is 5.75 Å². The lowest BCUT2D eigenvalue weighted by Gasteiger charge is -2.04. The lowest BCUT2D eigenvalue weighted by molar-refractivity contribution is -0.116. The van der Waals surface area contributed by atoms with Gasteiger partial charge in [-0.15, -0.1) is 0 Å². The summed E-state index contributed by atoms with van der Waals surface area (Å²) >= 11 is 0. The topological polar surface area (TPSA) is 58.6 Å². The molecule has 4 heteroatoms. The maximum atomic E-state index is 11.9. The number of ether oxygens (including phenoxy) is 1. The monoisotopic (exact) mass is 323 g/mol. The van der Waals surface area contributed by atoms with Crippen LogP contribution in [0, 0.1) is 0 Å². The van der Waals surface area contributed by atoms with Gasteiger partial charge >= 0.3 is 0 Å². The highest BCUT2D eigenvalue weighted by molar-refractivity contribution is 5.91. The van der Waals surface area contributed by atoms with Gasteiger partial charge in [0.25, 0.3) is 0 Å². The van der Waals surface area contributed by atoms with E-state index in [0.29, 0.717) is 6.54 Å². The predicted molar refractivity (Wildman–Crippen MR) is 93.8 cm³/mol. The summed E-state index contributed by atoms with van der Waals surface area (Å²) in [5.74, 6) is 0.850. The van der Waals surface area contributed by atoms with Crippen molar-refractivity contribution in [1.29, 1.82) is 0 Å². The number of rotatable bonds is 6. The van der Waals surface area contributed by atoms with Gasteiger partial charge < -0.3 is 15.2 Å². The molecule has 0 fully saturated rings. The van der Waals surface area contributed by atoms with Gasteiger partial charge in [-0.05, 0) is 46.9 Å². The fourth-order valence-electron chi connectivity index (χ4n) is 2.68. The smallest absolute Gasteiger partial charge is 0.244 e. The minimum atomic E-state index is -0.0984. The number of amides is 1. The van der Waals surface area contributed by atoms with Crippen LogP contribution in [-0.2, 0) is 24.2 Å². The van der Waals surface area contributed by atoms with Gasteiger partial charge in [0.05, 0.1) is 13.2 Å². The minimum Gasteiger partial charge on any atom is -0.493 e. The molecular formula is C20H21NO3. The molecule has 1 aliphatic rings. The van der Waals surface area contributed by atoms with Crippen LogP contribution >= 0.6 is 0 Å². The number of carbonyl (C=O) groups is 1. The van der Waals surface area contributed by atoms with E-state index in [2.05, 4.69) is 11.4 Å². The Morgan fingerprint density at radius 1 is 1.17 bits per heavy atom. The second-order valence-electron chi connectivity index (χ2n) is 5.81. The molecule has 2 N–H and O–H groups in total. The SMILES string of the molecule is O=C(/C=C/c1ccc2c(c1)CCO2)NCCc1ccc(CO)cc1. The molecule has 4 nitrogen and oxygen atoms in total. The van der Waals surface area contributed by atoms with Crippen LogP contribution in [0.3, 0.4) is 0 Å². The molecule has 0 saturated heterocycles. The van der Waals surface area contributed by atoms with Crippen LogP contribution in [0.5, 0.6) is 5.75 Å². The molecule has 2 aromatic carbocycles. The molecular weight excluding hydrogens is 302 g/mol. The Morgan fingerprint density at radius 2 is 1.96 bits per heavy atom. The molecule has 0 bridgehead atoms. The van der Waals surface area contributed by atoms with Crippen LogP contribution in [0.2, 0.25) is 0 Å². The van der Waals surface area contributed by atoms with Crippen molar-refractivity contribution >= 4 is 12.0 Å². The fourth-order valence-corrected chi connectivity index (χ4v) is 2.68. The van der Waals surface area contributed by atoms with Gasteiger partial charge in [-0.1, -0.05) is 30.3 Å².